The first-order valence-corrected chi connectivity index (χ1v) is 13.0. The van der Waals surface area contributed by atoms with Crippen molar-refractivity contribution in [3.8, 4) is 17.2 Å². The summed E-state index contributed by atoms with van der Waals surface area (Å²) < 4.78 is 31.5. The van der Waals surface area contributed by atoms with Crippen molar-refractivity contribution in [2.24, 2.45) is 7.05 Å². The molecule has 188 valence electrons. The lowest BCUT2D eigenvalue weighted by atomic mass is 10.0. The second-order valence-electron chi connectivity index (χ2n) is 8.16. The molecule has 0 amide bonds. The number of methoxy groups -OCH3 is 2. The van der Waals surface area contributed by atoms with Gasteiger partial charge < -0.3 is 29.0 Å². The molecule has 0 bridgehead atoms. The van der Waals surface area contributed by atoms with E-state index < -0.39 is 16.8 Å². The smallest absolute Gasteiger partial charge is 0.338 e. The molecule has 1 atom stereocenters. The zero-order valence-electron chi connectivity index (χ0n) is 19.7. The van der Waals surface area contributed by atoms with Crippen LogP contribution in [0.15, 0.2) is 33.6 Å². The third kappa shape index (κ3) is 4.90. The topological polar surface area (TPSA) is 110 Å². The predicted molar refractivity (Wildman–Crippen MR) is 135 cm³/mol. The first-order valence-electron chi connectivity index (χ1n) is 10.9. The monoisotopic (exact) mass is 566 g/mol. The Hall–Kier alpha value is -2.60. The number of carbonyl (C=O) groups is 1. The van der Waals surface area contributed by atoms with Gasteiger partial charge in [-0.1, -0.05) is 0 Å². The summed E-state index contributed by atoms with van der Waals surface area (Å²) in [4.78, 5) is 15.1. The number of nitrogens with zero attached hydrogens (tertiary/aromatic N) is 2. The van der Waals surface area contributed by atoms with E-state index in [2.05, 4.69) is 20.8 Å². The number of rotatable bonds is 8. The van der Waals surface area contributed by atoms with Crippen LogP contribution in [-0.4, -0.2) is 70.4 Å². The summed E-state index contributed by atoms with van der Waals surface area (Å²) >= 11 is 3.41. The number of ether oxygens (including phenoxy) is 3. The number of aryl methyl sites for hydroxylation is 1. The number of carboxylic acids is 1. The fourth-order valence-electron chi connectivity index (χ4n) is 4.38. The van der Waals surface area contributed by atoms with E-state index in [1.165, 1.54) is 14.2 Å². The summed E-state index contributed by atoms with van der Waals surface area (Å²) in [5, 5.41) is 21.6. The summed E-state index contributed by atoms with van der Waals surface area (Å²) in [6.07, 6.45) is 0. The zero-order chi connectivity index (χ0) is 25.3. The lowest BCUT2D eigenvalue weighted by Gasteiger charge is -2.27. The molecule has 35 heavy (non-hydrogen) atoms. The Bertz CT molecular complexity index is 1300. The molecule has 1 saturated heterocycles. The number of morpholine rings is 1. The van der Waals surface area contributed by atoms with Gasteiger partial charge in [0.1, 0.15) is 5.75 Å². The van der Waals surface area contributed by atoms with Crippen molar-refractivity contribution in [3.63, 3.8) is 0 Å². The molecule has 1 aromatic heterocycles. The van der Waals surface area contributed by atoms with Crippen LogP contribution < -0.4 is 9.47 Å². The number of aromatic hydroxyl groups is 1. The van der Waals surface area contributed by atoms with Gasteiger partial charge in [0.2, 0.25) is 0 Å². The number of fused-ring (bicyclic) bond motifs is 1. The maximum absolute atomic E-state index is 13.3. The standard InChI is InChI=1S/C24H27BrN2O7S/c1-26-17-11-16(25)23(28)15(12-27-6-8-34-9-7-27)21(17)22(24(29)30)18(26)13-35(31)14-4-5-19(32-2)20(10-14)33-3/h4-5,10-11,28H,6-9,12-13H2,1-3H3,(H,29,30). The highest BCUT2D eigenvalue weighted by molar-refractivity contribution is 9.10. The molecule has 2 heterocycles. The Morgan fingerprint density at radius 1 is 1.17 bits per heavy atom. The molecule has 0 radical (unpaired) electrons. The highest BCUT2D eigenvalue weighted by Crippen LogP contribution is 2.40. The predicted octanol–water partition coefficient (Wildman–Crippen LogP) is 3.50. The van der Waals surface area contributed by atoms with Crippen LogP contribution in [0.25, 0.3) is 10.9 Å². The Labute approximate surface area is 213 Å². The van der Waals surface area contributed by atoms with Crippen LogP contribution in [0.4, 0.5) is 0 Å². The fourth-order valence-corrected chi connectivity index (χ4v) is 6.05. The minimum absolute atomic E-state index is 0.00431. The fraction of sp³-hybridized carbons (Fsp3) is 0.375. The molecule has 1 fully saturated rings. The second kappa shape index (κ2) is 10.6. The van der Waals surface area contributed by atoms with Gasteiger partial charge in [0.25, 0.3) is 0 Å². The lowest BCUT2D eigenvalue weighted by Crippen LogP contribution is -2.35. The summed E-state index contributed by atoms with van der Waals surface area (Å²) in [7, 11) is 3.20. The molecule has 2 aromatic carbocycles. The third-order valence-electron chi connectivity index (χ3n) is 6.22. The average molecular weight is 567 g/mol. The third-order valence-corrected chi connectivity index (χ3v) is 8.14. The molecule has 0 saturated carbocycles. The van der Waals surface area contributed by atoms with Gasteiger partial charge in [-0.3, -0.25) is 9.11 Å². The van der Waals surface area contributed by atoms with Crippen molar-refractivity contribution in [2.45, 2.75) is 17.2 Å². The second-order valence-corrected chi connectivity index (χ2v) is 10.5. The Morgan fingerprint density at radius 2 is 1.86 bits per heavy atom. The van der Waals surface area contributed by atoms with E-state index in [0.29, 0.717) is 75.9 Å². The van der Waals surface area contributed by atoms with Gasteiger partial charge >= 0.3 is 5.97 Å². The van der Waals surface area contributed by atoms with Crippen molar-refractivity contribution in [1.82, 2.24) is 9.47 Å². The number of aromatic carboxylic acids is 1. The molecule has 1 unspecified atom stereocenters. The summed E-state index contributed by atoms with van der Waals surface area (Å²) in [6, 6.07) is 6.67. The highest BCUT2D eigenvalue weighted by atomic mass is 79.9. The minimum atomic E-state index is -1.56. The molecule has 2 N–H and O–H groups in total. The molecule has 1 aliphatic heterocycles. The van der Waals surface area contributed by atoms with Crippen molar-refractivity contribution < 1.29 is 33.4 Å². The number of phenolic OH excluding ortho intramolecular Hbond substituents is 1. The van der Waals surface area contributed by atoms with Crippen LogP contribution in [0.5, 0.6) is 17.2 Å². The van der Waals surface area contributed by atoms with Crippen LogP contribution in [0.1, 0.15) is 21.6 Å². The van der Waals surface area contributed by atoms with Gasteiger partial charge in [0, 0.05) is 54.3 Å². The number of aromatic nitrogens is 1. The van der Waals surface area contributed by atoms with Crippen LogP contribution in [-0.2, 0) is 34.9 Å². The lowest BCUT2D eigenvalue weighted by molar-refractivity contribution is 0.0340. The molecule has 9 nitrogen and oxygen atoms in total. The number of carboxylic acid groups (broad SMARTS) is 1. The largest absolute Gasteiger partial charge is 0.506 e. The van der Waals surface area contributed by atoms with Gasteiger partial charge in [-0.25, -0.2) is 4.79 Å². The van der Waals surface area contributed by atoms with E-state index in [0.717, 1.165) is 0 Å². The SMILES string of the molecule is COc1ccc(S(=O)Cc2c(C(=O)O)c3c(CN4CCOCC4)c(O)c(Br)cc3n2C)cc1OC. The van der Waals surface area contributed by atoms with Crippen LogP contribution in [0.3, 0.4) is 0 Å². The molecule has 11 heteroatoms. The number of benzene rings is 2. The van der Waals surface area contributed by atoms with Gasteiger partial charge in [-0.2, -0.15) is 0 Å². The van der Waals surface area contributed by atoms with Crippen molar-refractivity contribution in [1.29, 1.82) is 0 Å². The average Bonchev–Trinajstić information content (AvgIpc) is 3.13. The van der Waals surface area contributed by atoms with E-state index in [4.69, 9.17) is 14.2 Å². The van der Waals surface area contributed by atoms with Crippen LogP contribution in [0, 0.1) is 0 Å². The first-order chi connectivity index (χ1) is 16.8. The van der Waals surface area contributed by atoms with Crippen molar-refractivity contribution >= 4 is 43.6 Å². The van der Waals surface area contributed by atoms with E-state index >= 15 is 0 Å². The maximum atomic E-state index is 13.3. The summed E-state index contributed by atoms with van der Waals surface area (Å²) in [5.74, 6) is -0.213. The molecule has 0 aliphatic carbocycles. The number of halogens is 1. The summed E-state index contributed by atoms with van der Waals surface area (Å²) in [5.41, 5.74) is 1.60. The van der Waals surface area contributed by atoms with Crippen LogP contribution in [0.2, 0.25) is 0 Å². The van der Waals surface area contributed by atoms with E-state index in [-0.39, 0.29) is 17.1 Å². The maximum Gasteiger partial charge on any atom is 0.338 e. The highest BCUT2D eigenvalue weighted by Gasteiger charge is 2.28. The first kappa shape index (κ1) is 25.5. The normalized spacial score (nSPS) is 15.3. The van der Waals surface area contributed by atoms with E-state index in [1.54, 1.807) is 35.9 Å². The molecular formula is C24H27BrN2O7S. The Morgan fingerprint density at radius 3 is 2.49 bits per heavy atom. The van der Waals surface area contributed by atoms with Gasteiger partial charge in [-0.05, 0) is 34.1 Å². The number of hydrogen-bond acceptors (Lipinski definition) is 7. The van der Waals surface area contributed by atoms with Crippen molar-refractivity contribution in [2.75, 3.05) is 40.5 Å². The van der Waals surface area contributed by atoms with Gasteiger partial charge in [-0.15, -0.1) is 0 Å². The minimum Gasteiger partial charge on any atom is -0.506 e. The van der Waals surface area contributed by atoms with Gasteiger partial charge in [0.15, 0.2) is 11.5 Å². The number of hydrogen-bond donors (Lipinski definition) is 2. The summed E-state index contributed by atoms with van der Waals surface area (Å²) in [6.45, 7) is 2.88. The molecule has 0 spiro atoms. The zero-order valence-corrected chi connectivity index (χ0v) is 22.1. The van der Waals surface area contributed by atoms with E-state index in [9.17, 15) is 19.2 Å². The Balaban J connectivity index is 1.82. The molecule has 3 aromatic rings. The quantitative estimate of drug-likeness (QED) is 0.426. The molecule has 4 rings (SSSR count). The molecular weight excluding hydrogens is 540 g/mol. The Kier molecular flexibility index (Phi) is 7.70. The molecule has 1 aliphatic rings. The van der Waals surface area contributed by atoms with Crippen LogP contribution >= 0.6 is 15.9 Å². The van der Waals surface area contributed by atoms with Gasteiger partial charge in [0.05, 0.1) is 59.5 Å². The van der Waals surface area contributed by atoms with Crippen molar-refractivity contribution in [3.05, 3.63) is 45.6 Å². The number of phenols is 1. The van der Waals surface area contributed by atoms with E-state index in [1.807, 2.05) is 0 Å².